The molecule has 20 heavy (non-hydrogen) atoms. The molecule has 4 heteroatoms. The van der Waals surface area contributed by atoms with Crippen molar-refractivity contribution in [1.82, 2.24) is 0 Å². The van der Waals surface area contributed by atoms with Crippen LogP contribution < -0.4 is 10.3 Å². The van der Waals surface area contributed by atoms with E-state index in [1.54, 1.807) is 5.01 Å². The van der Waals surface area contributed by atoms with Crippen molar-refractivity contribution in [1.29, 1.82) is 0 Å². The summed E-state index contributed by atoms with van der Waals surface area (Å²) in [6, 6.07) is 18.4. The molecule has 0 fully saturated rings. The number of rotatable bonds is 3. The Balaban J connectivity index is 1.95. The molecule has 0 aliphatic carbocycles. The molecule has 0 spiro atoms. The third kappa shape index (κ3) is 2.25. The van der Waals surface area contributed by atoms with E-state index in [4.69, 9.17) is 0 Å². The summed E-state index contributed by atoms with van der Waals surface area (Å²) in [4.78, 5) is 11.1. The van der Waals surface area contributed by atoms with Crippen molar-refractivity contribution in [2.45, 2.75) is 25.4 Å². The lowest BCUT2D eigenvalue weighted by Gasteiger charge is -2.36. The number of hydrogen-bond donors (Lipinski definition) is 1. The highest BCUT2D eigenvalue weighted by atomic mass is 16.3. The van der Waals surface area contributed by atoms with Crippen LogP contribution >= 0.6 is 0 Å². The summed E-state index contributed by atoms with van der Waals surface area (Å²) in [5.74, 6) is 0. The third-order valence-electron chi connectivity index (χ3n) is 3.76. The lowest BCUT2D eigenvalue weighted by Crippen LogP contribution is -2.36. The molecule has 0 aromatic heterocycles. The van der Waals surface area contributed by atoms with Gasteiger partial charge in [-0.1, -0.05) is 36.4 Å². The molecular weight excluding hydrogens is 250 g/mol. The topological polar surface area (TPSA) is 44.7 Å². The summed E-state index contributed by atoms with van der Waals surface area (Å²) in [6.45, 7) is 2.02. The molecule has 2 aromatic rings. The summed E-state index contributed by atoms with van der Waals surface area (Å²) in [6.07, 6.45) is 0.845. The summed E-state index contributed by atoms with van der Waals surface area (Å²) in [5.41, 5.74) is 3.11. The highest BCUT2D eigenvalue weighted by Gasteiger charge is 2.30. The summed E-state index contributed by atoms with van der Waals surface area (Å²) in [5, 5.41) is 8.28. The first-order valence-corrected chi connectivity index (χ1v) is 6.82. The minimum atomic E-state index is 0.0867. The molecule has 0 unspecified atom stereocenters. The Morgan fingerprint density at radius 3 is 2.55 bits per heavy atom. The lowest BCUT2D eigenvalue weighted by atomic mass is 9.93. The molecule has 3 rings (SSSR count). The van der Waals surface area contributed by atoms with Crippen LogP contribution in [0.5, 0.6) is 0 Å². The van der Waals surface area contributed by atoms with Crippen LogP contribution in [0.2, 0.25) is 0 Å². The van der Waals surface area contributed by atoms with E-state index in [1.165, 1.54) is 0 Å². The molecule has 102 valence electrons. The fourth-order valence-electron chi connectivity index (χ4n) is 2.79. The number of hydrogen-bond acceptors (Lipinski definition) is 3. The Labute approximate surface area is 118 Å². The fourth-order valence-corrected chi connectivity index (χ4v) is 2.79. The van der Waals surface area contributed by atoms with Gasteiger partial charge in [0.25, 0.3) is 0 Å². The van der Waals surface area contributed by atoms with E-state index >= 15 is 0 Å². The maximum absolute atomic E-state index is 11.1. The van der Waals surface area contributed by atoms with E-state index in [2.05, 4.69) is 28.8 Å². The standard InChI is InChI=1S/C16H17N3O/c1-12-11-15(17-13-7-3-2-4-8-13)14-9-5-6-10-16(14)19(12)18-20/h2-10,12,15,17H,11H2,1H3/t12-,15+/m1/s1. The van der Waals surface area contributed by atoms with Crippen molar-refractivity contribution in [3.63, 3.8) is 0 Å². The zero-order valence-corrected chi connectivity index (χ0v) is 11.4. The monoisotopic (exact) mass is 267 g/mol. The molecule has 0 saturated carbocycles. The van der Waals surface area contributed by atoms with Crippen LogP contribution in [-0.2, 0) is 0 Å². The zero-order chi connectivity index (χ0) is 13.9. The molecule has 1 aliphatic rings. The van der Waals surface area contributed by atoms with Gasteiger partial charge >= 0.3 is 0 Å². The van der Waals surface area contributed by atoms with Crippen LogP contribution in [0.15, 0.2) is 59.9 Å². The molecule has 0 saturated heterocycles. The molecule has 4 nitrogen and oxygen atoms in total. The van der Waals surface area contributed by atoms with Gasteiger partial charge in [-0.2, -0.15) is 0 Å². The van der Waals surface area contributed by atoms with E-state index < -0.39 is 0 Å². The molecule has 0 amide bonds. The number of benzene rings is 2. The number of nitrogens with one attached hydrogen (secondary N) is 1. The summed E-state index contributed by atoms with van der Waals surface area (Å²) < 4.78 is 0. The van der Waals surface area contributed by atoms with Crippen molar-refractivity contribution in [2.75, 3.05) is 10.3 Å². The predicted molar refractivity (Wildman–Crippen MR) is 81.6 cm³/mol. The molecule has 1 N–H and O–H groups in total. The van der Waals surface area contributed by atoms with Crippen LogP contribution in [0.25, 0.3) is 0 Å². The quantitative estimate of drug-likeness (QED) is 0.851. The summed E-state index contributed by atoms with van der Waals surface area (Å²) >= 11 is 0. The van der Waals surface area contributed by atoms with Crippen LogP contribution in [0, 0.1) is 4.91 Å². The lowest BCUT2D eigenvalue weighted by molar-refractivity contribution is 0.522. The van der Waals surface area contributed by atoms with Gasteiger partial charge in [-0.05, 0) is 37.1 Å². The number of nitroso groups, excluding NO2 is 1. The molecule has 1 heterocycles. The van der Waals surface area contributed by atoms with Crippen molar-refractivity contribution < 1.29 is 0 Å². The Bertz CT molecular complexity index is 600. The van der Waals surface area contributed by atoms with E-state index in [0.717, 1.165) is 23.4 Å². The first kappa shape index (κ1) is 12.7. The number of nitrogens with zero attached hydrogens (tertiary/aromatic N) is 2. The van der Waals surface area contributed by atoms with Gasteiger partial charge in [-0.15, -0.1) is 4.91 Å². The van der Waals surface area contributed by atoms with Gasteiger partial charge in [0.1, 0.15) is 0 Å². The Hall–Kier alpha value is -2.36. The highest BCUT2D eigenvalue weighted by Crippen LogP contribution is 2.38. The van der Waals surface area contributed by atoms with Crippen molar-refractivity contribution >= 4 is 11.4 Å². The number of fused-ring (bicyclic) bond motifs is 1. The van der Waals surface area contributed by atoms with Gasteiger partial charge in [-0.3, -0.25) is 0 Å². The molecule has 2 atom stereocenters. The predicted octanol–water partition coefficient (Wildman–Crippen LogP) is 4.12. The average molecular weight is 267 g/mol. The normalized spacial score (nSPS) is 21.1. The maximum atomic E-state index is 11.1. The first-order valence-electron chi connectivity index (χ1n) is 6.82. The van der Waals surface area contributed by atoms with E-state index in [-0.39, 0.29) is 12.1 Å². The minimum Gasteiger partial charge on any atom is -0.378 e. The second kappa shape index (κ2) is 5.33. The molecular formula is C16H17N3O. The fraction of sp³-hybridized carbons (Fsp3) is 0.250. The van der Waals surface area contributed by atoms with E-state index in [9.17, 15) is 4.91 Å². The third-order valence-corrected chi connectivity index (χ3v) is 3.76. The summed E-state index contributed by atoms with van der Waals surface area (Å²) in [7, 11) is 0. The second-order valence-corrected chi connectivity index (χ2v) is 5.13. The molecule has 1 aliphatic heterocycles. The average Bonchev–Trinajstić information content (AvgIpc) is 2.49. The van der Waals surface area contributed by atoms with Crippen LogP contribution in [0.1, 0.15) is 24.9 Å². The smallest absolute Gasteiger partial charge is 0.0682 e. The Morgan fingerprint density at radius 2 is 1.80 bits per heavy atom. The van der Waals surface area contributed by atoms with Gasteiger partial charge in [-0.25, -0.2) is 5.01 Å². The van der Waals surface area contributed by atoms with Crippen LogP contribution in [0.3, 0.4) is 0 Å². The van der Waals surface area contributed by atoms with Gasteiger partial charge < -0.3 is 5.32 Å². The largest absolute Gasteiger partial charge is 0.378 e. The Kier molecular flexibility index (Phi) is 3.37. The minimum absolute atomic E-state index is 0.0867. The Morgan fingerprint density at radius 1 is 1.10 bits per heavy atom. The molecule has 0 bridgehead atoms. The van der Waals surface area contributed by atoms with Gasteiger partial charge in [0.05, 0.1) is 23.1 Å². The molecule has 2 aromatic carbocycles. The highest BCUT2D eigenvalue weighted by molar-refractivity contribution is 5.59. The maximum Gasteiger partial charge on any atom is 0.0682 e. The van der Waals surface area contributed by atoms with E-state index in [1.807, 2.05) is 43.3 Å². The van der Waals surface area contributed by atoms with Gasteiger partial charge in [0, 0.05) is 5.69 Å². The van der Waals surface area contributed by atoms with E-state index in [0.29, 0.717) is 0 Å². The van der Waals surface area contributed by atoms with Crippen molar-refractivity contribution in [3.05, 3.63) is 65.1 Å². The van der Waals surface area contributed by atoms with Crippen molar-refractivity contribution in [2.24, 2.45) is 5.29 Å². The van der Waals surface area contributed by atoms with Crippen LogP contribution in [-0.4, -0.2) is 6.04 Å². The number of anilines is 2. The second-order valence-electron chi connectivity index (χ2n) is 5.13. The molecule has 0 radical (unpaired) electrons. The number of para-hydroxylation sites is 2. The van der Waals surface area contributed by atoms with Gasteiger partial charge in [0.2, 0.25) is 0 Å². The SMILES string of the molecule is C[C@@H]1C[C@H](Nc2ccccc2)c2ccccc2N1N=O. The first-order chi connectivity index (χ1) is 9.79. The van der Waals surface area contributed by atoms with Crippen molar-refractivity contribution in [3.8, 4) is 0 Å². The van der Waals surface area contributed by atoms with Gasteiger partial charge in [0.15, 0.2) is 0 Å². The van der Waals surface area contributed by atoms with Crippen LogP contribution in [0.4, 0.5) is 11.4 Å². The zero-order valence-electron chi connectivity index (χ0n) is 11.4.